The zero-order valence-electron chi connectivity index (χ0n) is 11.5. The first-order chi connectivity index (χ1) is 10.0. The van der Waals surface area contributed by atoms with Gasteiger partial charge in [0.1, 0.15) is 11.6 Å². The number of benzene rings is 2. The normalized spacial score (nSPS) is 12.4. The summed E-state index contributed by atoms with van der Waals surface area (Å²) in [5.74, 6) is -0.573. The van der Waals surface area contributed by atoms with Gasteiger partial charge in [-0.3, -0.25) is 0 Å². The third-order valence-electron chi connectivity index (χ3n) is 3.24. The van der Waals surface area contributed by atoms with E-state index in [2.05, 4.69) is 37.2 Å². The molecule has 1 nitrogen and oxygen atoms in total. The van der Waals surface area contributed by atoms with E-state index in [9.17, 15) is 8.78 Å². The number of nitrogens with one attached hydrogen (secondary N) is 1. The predicted molar refractivity (Wildman–Crippen MR) is 88.3 cm³/mol. The Morgan fingerprint density at radius 2 is 1.81 bits per heavy atom. The van der Waals surface area contributed by atoms with Gasteiger partial charge in [0.25, 0.3) is 0 Å². The van der Waals surface area contributed by atoms with Gasteiger partial charge in [-0.1, -0.05) is 35.0 Å². The zero-order chi connectivity index (χ0) is 15.4. The molecule has 1 atom stereocenters. The van der Waals surface area contributed by atoms with Gasteiger partial charge < -0.3 is 5.32 Å². The van der Waals surface area contributed by atoms with Crippen LogP contribution in [0.25, 0.3) is 0 Å². The highest BCUT2D eigenvalue weighted by Gasteiger charge is 2.15. The molecule has 0 aliphatic rings. The third kappa shape index (κ3) is 4.34. The highest BCUT2D eigenvalue weighted by Crippen LogP contribution is 2.25. The molecule has 0 radical (unpaired) electrons. The van der Waals surface area contributed by atoms with Crippen LogP contribution in [0.5, 0.6) is 0 Å². The van der Waals surface area contributed by atoms with Crippen LogP contribution in [0.15, 0.2) is 45.3 Å². The van der Waals surface area contributed by atoms with E-state index >= 15 is 0 Å². The Kier molecular flexibility index (Phi) is 5.90. The first-order valence-corrected chi connectivity index (χ1v) is 8.22. The molecular formula is C16H15Br2F2N. The van der Waals surface area contributed by atoms with Crippen molar-refractivity contribution in [3.63, 3.8) is 0 Å². The Labute approximate surface area is 140 Å². The van der Waals surface area contributed by atoms with Crippen molar-refractivity contribution in [2.24, 2.45) is 0 Å². The van der Waals surface area contributed by atoms with Crippen molar-refractivity contribution < 1.29 is 8.78 Å². The standard InChI is InChI=1S/C16H15Br2F2N/c1-2-21-16(11-4-6-13(18)15(20)7-11)8-10-3-5-12(17)9-14(10)19/h3-7,9,16,21H,2,8H2,1H3. The van der Waals surface area contributed by atoms with Crippen LogP contribution in [0.1, 0.15) is 24.1 Å². The van der Waals surface area contributed by atoms with Crippen LogP contribution in [0, 0.1) is 11.6 Å². The van der Waals surface area contributed by atoms with Gasteiger partial charge in [0.05, 0.1) is 4.47 Å². The topological polar surface area (TPSA) is 12.0 Å². The lowest BCUT2D eigenvalue weighted by molar-refractivity contribution is 0.523. The highest BCUT2D eigenvalue weighted by molar-refractivity contribution is 9.10. The summed E-state index contributed by atoms with van der Waals surface area (Å²) in [4.78, 5) is 0. The smallest absolute Gasteiger partial charge is 0.137 e. The monoisotopic (exact) mass is 417 g/mol. The third-order valence-corrected chi connectivity index (χ3v) is 4.37. The Balaban J connectivity index is 2.28. The van der Waals surface area contributed by atoms with E-state index in [-0.39, 0.29) is 17.7 Å². The van der Waals surface area contributed by atoms with Gasteiger partial charge in [0, 0.05) is 10.5 Å². The van der Waals surface area contributed by atoms with E-state index in [1.807, 2.05) is 19.1 Å². The second-order valence-electron chi connectivity index (χ2n) is 4.72. The fourth-order valence-electron chi connectivity index (χ4n) is 2.19. The van der Waals surface area contributed by atoms with Gasteiger partial charge in [0.15, 0.2) is 0 Å². The largest absolute Gasteiger partial charge is 0.310 e. The molecule has 0 saturated carbocycles. The van der Waals surface area contributed by atoms with E-state index < -0.39 is 0 Å². The van der Waals surface area contributed by atoms with Crippen LogP contribution < -0.4 is 5.32 Å². The number of hydrogen-bond donors (Lipinski definition) is 1. The molecule has 1 N–H and O–H groups in total. The minimum Gasteiger partial charge on any atom is -0.310 e. The number of likely N-dealkylation sites (N-methyl/N-ethyl adjacent to an activating group) is 1. The SMILES string of the molecule is CCNC(Cc1ccc(Br)cc1F)c1ccc(Br)c(F)c1. The minimum atomic E-state index is -0.313. The molecule has 0 heterocycles. The molecular weight excluding hydrogens is 404 g/mol. The van der Waals surface area contributed by atoms with Crippen molar-refractivity contribution in [3.05, 3.63) is 68.1 Å². The van der Waals surface area contributed by atoms with Gasteiger partial charge in [-0.2, -0.15) is 0 Å². The van der Waals surface area contributed by atoms with Crippen LogP contribution in [-0.4, -0.2) is 6.54 Å². The van der Waals surface area contributed by atoms with Crippen molar-refractivity contribution in [3.8, 4) is 0 Å². The van der Waals surface area contributed by atoms with Crippen molar-refractivity contribution in [1.82, 2.24) is 5.32 Å². The zero-order valence-corrected chi connectivity index (χ0v) is 14.6. The van der Waals surface area contributed by atoms with Crippen LogP contribution in [0.2, 0.25) is 0 Å². The van der Waals surface area contributed by atoms with E-state index in [1.165, 1.54) is 12.1 Å². The second-order valence-corrected chi connectivity index (χ2v) is 6.49. The van der Waals surface area contributed by atoms with Gasteiger partial charge in [-0.15, -0.1) is 0 Å². The highest BCUT2D eigenvalue weighted by atomic mass is 79.9. The Morgan fingerprint density at radius 1 is 1.05 bits per heavy atom. The maximum atomic E-state index is 14.0. The van der Waals surface area contributed by atoms with Crippen molar-refractivity contribution in [2.75, 3.05) is 6.54 Å². The van der Waals surface area contributed by atoms with Crippen molar-refractivity contribution >= 4 is 31.9 Å². The lowest BCUT2D eigenvalue weighted by Gasteiger charge is -2.19. The number of halogens is 4. The quantitative estimate of drug-likeness (QED) is 0.686. The molecule has 0 bridgehead atoms. The Bertz CT molecular complexity index is 632. The van der Waals surface area contributed by atoms with Crippen LogP contribution in [-0.2, 0) is 6.42 Å². The predicted octanol–water partition coefficient (Wildman–Crippen LogP) is 5.38. The summed E-state index contributed by atoms with van der Waals surface area (Å²) in [6.07, 6.45) is 0.466. The molecule has 2 aromatic carbocycles. The van der Waals surface area contributed by atoms with Gasteiger partial charge in [-0.25, -0.2) is 8.78 Å². The lowest BCUT2D eigenvalue weighted by Crippen LogP contribution is -2.23. The minimum absolute atomic E-state index is 0.131. The number of hydrogen-bond acceptors (Lipinski definition) is 1. The molecule has 21 heavy (non-hydrogen) atoms. The maximum Gasteiger partial charge on any atom is 0.137 e. The van der Waals surface area contributed by atoms with Gasteiger partial charge in [-0.05, 0) is 64.3 Å². The van der Waals surface area contributed by atoms with Crippen LogP contribution in [0.4, 0.5) is 8.78 Å². The van der Waals surface area contributed by atoms with Crippen molar-refractivity contribution in [2.45, 2.75) is 19.4 Å². The lowest BCUT2D eigenvalue weighted by atomic mass is 9.98. The number of rotatable bonds is 5. The van der Waals surface area contributed by atoms with Gasteiger partial charge in [0.2, 0.25) is 0 Å². The first kappa shape index (κ1) is 16.6. The summed E-state index contributed by atoms with van der Waals surface area (Å²) in [6, 6.07) is 9.87. The Morgan fingerprint density at radius 3 is 2.43 bits per heavy atom. The van der Waals surface area contributed by atoms with E-state index in [1.54, 1.807) is 12.1 Å². The molecule has 0 fully saturated rings. The molecule has 0 saturated heterocycles. The van der Waals surface area contributed by atoms with E-state index in [4.69, 9.17) is 0 Å². The summed E-state index contributed by atoms with van der Waals surface area (Å²) in [7, 11) is 0. The molecule has 5 heteroatoms. The molecule has 0 spiro atoms. The Hall–Kier alpha value is -0.780. The molecule has 0 aliphatic carbocycles. The summed E-state index contributed by atoms with van der Waals surface area (Å²) in [5, 5.41) is 3.28. The summed E-state index contributed by atoms with van der Waals surface area (Å²) >= 11 is 6.39. The molecule has 0 amide bonds. The van der Waals surface area contributed by atoms with Crippen LogP contribution in [0.3, 0.4) is 0 Å². The average molecular weight is 419 g/mol. The van der Waals surface area contributed by atoms with E-state index in [0.717, 1.165) is 12.1 Å². The summed E-state index contributed by atoms with van der Waals surface area (Å²) < 4.78 is 28.8. The molecule has 2 rings (SSSR count). The van der Waals surface area contributed by atoms with Gasteiger partial charge >= 0.3 is 0 Å². The van der Waals surface area contributed by atoms with Crippen molar-refractivity contribution in [1.29, 1.82) is 0 Å². The van der Waals surface area contributed by atoms with E-state index in [0.29, 0.717) is 20.9 Å². The molecule has 2 aromatic rings. The maximum absolute atomic E-state index is 14.0. The second kappa shape index (κ2) is 7.47. The summed E-state index contributed by atoms with van der Waals surface area (Å²) in [5.41, 5.74) is 1.41. The molecule has 0 aromatic heterocycles. The average Bonchev–Trinajstić information content (AvgIpc) is 2.44. The fraction of sp³-hybridized carbons (Fsp3) is 0.250. The fourth-order valence-corrected chi connectivity index (χ4v) is 2.77. The molecule has 1 unspecified atom stereocenters. The summed E-state index contributed by atoms with van der Waals surface area (Å²) in [6.45, 7) is 2.70. The van der Waals surface area contributed by atoms with Crippen LogP contribution >= 0.6 is 31.9 Å². The first-order valence-electron chi connectivity index (χ1n) is 6.63. The molecule has 112 valence electrons. The molecule has 0 aliphatic heterocycles.